The molecule has 0 saturated heterocycles. The van der Waals surface area contributed by atoms with Crippen LogP contribution in [-0.2, 0) is 35.2 Å². The molecule has 0 saturated carbocycles. The fourth-order valence-corrected chi connectivity index (χ4v) is 4.99. The summed E-state index contributed by atoms with van der Waals surface area (Å²) in [4.78, 5) is 18.8. The predicted molar refractivity (Wildman–Crippen MR) is 121 cm³/mol. The van der Waals surface area contributed by atoms with E-state index in [1.165, 1.54) is 23.6 Å². The SMILES string of the molecule is C=CCn1c(CN(Cc2ccco2)C(=O)c2ccco2)cnc1S(=O)(=O)Cc1ccccc1. The van der Waals surface area contributed by atoms with E-state index in [9.17, 15) is 13.2 Å². The zero-order chi connectivity index (χ0) is 23.3. The van der Waals surface area contributed by atoms with Crippen LogP contribution in [0.2, 0.25) is 0 Å². The monoisotopic (exact) mass is 465 g/mol. The molecule has 4 rings (SSSR count). The van der Waals surface area contributed by atoms with Crippen molar-refractivity contribution in [1.29, 1.82) is 0 Å². The number of nitrogens with zero attached hydrogens (tertiary/aromatic N) is 3. The molecule has 33 heavy (non-hydrogen) atoms. The first-order valence-electron chi connectivity index (χ1n) is 10.2. The Morgan fingerprint density at radius 3 is 2.45 bits per heavy atom. The lowest BCUT2D eigenvalue weighted by atomic mass is 10.2. The molecule has 0 atom stereocenters. The smallest absolute Gasteiger partial charge is 0.290 e. The first-order valence-corrected chi connectivity index (χ1v) is 11.9. The quantitative estimate of drug-likeness (QED) is 0.328. The van der Waals surface area contributed by atoms with E-state index in [0.29, 0.717) is 17.0 Å². The van der Waals surface area contributed by atoms with Gasteiger partial charge in [0.15, 0.2) is 5.76 Å². The number of carbonyl (C=O) groups excluding carboxylic acids is 1. The molecule has 0 aliphatic carbocycles. The fraction of sp³-hybridized carbons (Fsp3) is 0.167. The lowest BCUT2D eigenvalue weighted by Gasteiger charge is -2.21. The van der Waals surface area contributed by atoms with Gasteiger partial charge in [0.05, 0.1) is 43.3 Å². The summed E-state index contributed by atoms with van der Waals surface area (Å²) in [7, 11) is -3.73. The summed E-state index contributed by atoms with van der Waals surface area (Å²) < 4.78 is 38.5. The lowest BCUT2D eigenvalue weighted by Crippen LogP contribution is -2.31. The van der Waals surface area contributed by atoms with Crippen molar-refractivity contribution in [1.82, 2.24) is 14.5 Å². The van der Waals surface area contributed by atoms with Crippen molar-refractivity contribution in [2.75, 3.05) is 0 Å². The molecule has 0 bridgehead atoms. The van der Waals surface area contributed by atoms with Gasteiger partial charge in [0.2, 0.25) is 15.0 Å². The maximum absolute atomic E-state index is 13.1. The number of aromatic nitrogens is 2. The van der Waals surface area contributed by atoms with E-state index in [1.807, 2.05) is 6.07 Å². The van der Waals surface area contributed by atoms with Crippen LogP contribution < -0.4 is 0 Å². The van der Waals surface area contributed by atoms with Gasteiger partial charge in [0.25, 0.3) is 5.91 Å². The molecular weight excluding hydrogens is 442 g/mol. The number of allylic oxidation sites excluding steroid dienone is 1. The molecule has 3 heterocycles. The van der Waals surface area contributed by atoms with Gasteiger partial charge in [-0.15, -0.1) is 6.58 Å². The molecule has 1 aromatic carbocycles. The summed E-state index contributed by atoms with van der Waals surface area (Å²) in [6, 6.07) is 15.6. The number of hydrogen-bond acceptors (Lipinski definition) is 6. The summed E-state index contributed by atoms with van der Waals surface area (Å²) in [6.45, 7) is 4.25. The maximum Gasteiger partial charge on any atom is 0.290 e. The van der Waals surface area contributed by atoms with Gasteiger partial charge >= 0.3 is 0 Å². The van der Waals surface area contributed by atoms with Crippen molar-refractivity contribution in [3.63, 3.8) is 0 Å². The number of sulfone groups is 1. The number of amides is 1. The number of carbonyl (C=O) groups is 1. The highest BCUT2D eigenvalue weighted by molar-refractivity contribution is 7.90. The minimum absolute atomic E-state index is 0.0651. The van der Waals surface area contributed by atoms with Crippen molar-refractivity contribution < 1.29 is 22.0 Å². The topological polar surface area (TPSA) is 98.5 Å². The van der Waals surface area contributed by atoms with E-state index >= 15 is 0 Å². The zero-order valence-electron chi connectivity index (χ0n) is 17.8. The first kappa shape index (κ1) is 22.3. The average Bonchev–Trinajstić information content (AvgIpc) is 3.57. The van der Waals surface area contributed by atoms with Gasteiger partial charge in [-0.3, -0.25) is 4.79 Å². The van der Waals surface area contributed by atoms with Gasteiger partial charge in [-0.1, -0.05) is 36.4 Å². The Morgan fingerprint density at radius 2 is 1.79 bits per heavy atom. The van der Waals surface area contributed by atoms with Gasteiger partial charge < -0.3 is 18.3 Å². The predicted octanol–water partition coefficient (Wildman–Crippen LogP) is 4.07. The molecular formula is C24H23N3O5S. The Balaban J connectivity index is 1.66. The number of benzene rings is 1. The van der Waals surface area contributed by atoms with Crippen LogP contribution in [0.4, 0.5) is 0 Å². The molecule has 170 valence electrons. The van der Waals surface area contributed by atoms with Crippen molar-refractivity contribution >= 4 is 15.7 Å². The van der Waals surface area contributed by atoms with Crippen molar-refractivity contribution in [2.45, 2.75) is 30.5 Å². The summed E-state index contributed by atoms with van der Waals surface area (Å²) >= 11 is 0. The molecule has 4 aromatic rings. The Kier molecular flexibility index (Phi) is 6.60. The number of imidazole rings is 1. The van der Waals surface area contributed by atoms with Crippen LogP contribution in [0.25, 0.3) is 0 Å². The fourth-order valence-electron chi connectivity index (χ4n) is 3.49. The maximum atomic E-state index is 13.1. The summed E-state index contributed by atoms with van der Waals surface area (Å²) in [5.74, 6) is 0.231. The second kappa shape index (κ2) is 9.74. The number of rotatable bonds is 10. The zero-order valence-corrected chi connectivity index (χ0v) is 18.6. The van der Waals surface area contributed by atoms with Gasteiger partial charge in [-0.25, -0.2) is 13.4 Å². The minimum atomic E-state index is -3.73. The molecule has 0 unspecified atom stereocenters. The van der Waals surface area contributed by atoms with Crippen LogP contribution in [0, 0.1) is 0 Å². The van der Waals surface area contributed by atoms with E-state index in [1.54, 1.807) is 59.2 Å². The van der Waals surface area contributed by atoms with Gasteiger partial charge in [0.1, 0.15) is 5.76 Å². The molecule has 9 heteroatoms. The third-order valence-electron chi connectivity index (χ3n) is 4.99. The first-order chi connectivity index (χ1) is 16.0. The number of furan rings is 2. The second-order valence-corrected chi connectivity index (χ2v) is 9.28. The van der Waals surface area contributed by atoms with Crippen LogP contribution >= 0.6 is 0 Å². The molecule has 0 N–H and O–H groups in total. The highest BCUT2D eigenvalue weighted by Gasteiger charge is 2.26. The molecule has 1 amide bonds. The lowest BCUT2D eigenvalue weighted by molar-refractivity contribution is 0.0681. The average molecular weight is 466 g/mol. The Labute approximate surface area is 191 Å². The van der Waals surface area contributed by atoms with Gasteiger partial charge in [0, 0.05) is 6.54 Å². The van der Waals surface area contributed by atoms with Crippen LogP contribution in [0.5, 0.6) is 0 Å². The standard InChI is InChI=1S/C24H23N3O5S/c1-2-12-27-20(15-25-24(27)33(29,30)18-19-8-4-3-5-9-19)16-26(17-21-10-6-13-31-21)23(28)22-11-7-14-32-22/h2-11,13-15H,1,12,16-18H2. The van der Waals surface area contributed by atoms with Crippen LogP contribution in [-0.4, -0.2) is 28.8 Å². The Hall–Kier alpha value is -3.85. The Morgan fingerprint density at radius 1 is 1.03 bits per heavy atom. The third-order valence-corrected chi connectivity index (χ3v) is 6.59. The molecule has 0 aliphatic heterocycles. The van der Waals surface area contributed by atoms with Gasteiger partial charge in [-0.2, -0.15) is 0 Å². The highest BCUT2D eigenvalue weighted by atomic mass is 32.2. The highest BCUT2D eigenvalue weighted by Crippen LogP contribution is 2.21. The van der Waals surface area contributed by atoms with Crippen molar-refractivity contribution in [3.8, 4) is 0 Å². The van der Waals surface area contributed by atoms with E-state index < -0.39 is 9.84 Å². The largest absolute Gasteiger partial charge is 0.467 e. The molecule has 8 nitrogen and oxygen atoms in total. The summed E-state index contributed by atoms with van der Waals surface area (Å²) in [5.41, 5.74) is 1.22. The molecule has 0 radical (unpaired) electrons. The van der Waals surface area contributed by atoms with Gasteiger partial charge in [-0.05, 0) is 29.8 Å². The minimum Gasteiger partial charge on any atom is -0.467 e. The van der Waals surface area contributed by atoms with Crippen molar-refractivity contribution in [3.05, 3.63) is 109 Å². The molecule has 3 aromatic heterocycles. The molecule has 0 aliphatic rings. The van der Waals surface area contributed by atoms with E-state index in [-0.39, 0.29) is 42.2 Å². The molecule has 0 fully saturated rings. The summed E-state index contributed by atoms with van der Waals surface area (Å²) in [6.07, 6.45) is 6.03. The van der Waals surface area contributed by atoms with Crippen LogP contribution in [0.15, 0.2) is 100.0 Å². The molecule has 0 spiro atoms. The normalized spacial score (nSPS) is 11.4. The van der Waals surface area contributed by atoms with E-state index in [2.05, 4.69) is 11.6 Å². The third kappa shape index (κ3) is 5.15. The second-order valence-electron chi connectivity index (χ2n) is 7.39. The van der Waals surface area contributed by atoms with E-state index in [4.69, 9.17) is 8.83 Å². The summed E-state index contributed by atoms with van der Waals surface area (Å²) in [5, 5.41) is -0.0651. The van der Waals surface area contributed by atoms with Crippen LogP contribution in [0.1, 0.15) is 27.6 Å². The van der Waals surface area contributed by atoms with Crippen LogP contribution in [0.3, 0.4) is 0 Å². The van der Waals surface area contributed by atoms with Crippen molar-refractivity contribution in [2.24, 2.45) is 0 Å². The van der Waals surface area contributed by atoms with E-state index in [0.717, 1.165) is 0 Å². The Bertz CT molecular complexity index is 1310. The number of hydrogen-bond donors (Lipinski definition) is 0.